The molecule has 2 rings (SSSR count). The second-order valence-electron chi connectivity index (χ2n) is 6.40. The molecule has 0 fully saturated rings. The fourth-order valence-corrected chi connectivity index (χ4v) is 2.83. The third-order valence-electron chi connectivity index (χ3n) is 4.46. The van der Waals surface area contributed by atoms with E-state index in [1.54, 1.807) is 18.9 Å². The zero-order chi connectivity index (χ0) is 18.4. The van der Waals surface area contributed by atoms with Gasteiger partial charge in [-0.05, 0) is 37.5 Å². The molecule has 25 heavy (non-hydrogen) atoms. The Morgan fingerprint density at radius 1 is 1.08 bits per heavy atom. The monoisotopic (exact) mass is 338 g/mol. The maximum atomic E-state index is 13.0. The SMILES string of the molecule is CNC(=O)C(C)N(Cc1ccccc1)C(=O)Cc1cc(C)ccc1C. The van der Waals surface area contributed by atoms with Gasteiger partial charge in [-0.2, -0.15) is 0 Å². The van der Waals surface area contributed by atoms with E-state index in [0.29, 0.717) is 13.0 Å². The fraction of sp³-hybridized carbons (Fsp3) is 0.333. The molecule has 4 nitrogen and oxygen atoms in total. The van der Waals surface area contributed by atoms with Crippen LogP contribution in [0.25, 0.3) is 0 Å². The van der Waals surface area contributed by atoms with E-state index in [1.165, 1.54) is 0 Å². The summed E-state index contributed by atoms with van der Waals surface area (Å²) in [6.07, 6.45) is 0.293. The van der Waals surface area contributed by atoms with Crippen molar-refractivity contribution in [2.75, 3.05) is 7.05 Å². The molecule has 0 saturated carbocycles. The maximum Gasteiger partial charge on any atom is 0.242 e. The van der Waals surface area contributed by atoms with Crippen LogP contribution < -0.4 is 5.32 Å². The summed E-state index contributed by atoms with van der Waals surface area (Å²) in [7, 11) is 1.59. The van der Waals surface area contributed by atoms with E-state index in [-0.39, 0.29) is 11.8 Å². The second-order valence-corrected chi connectivity index (χ2v) is 6.40. The molecular weight excluding hydrogens is 312 g/mol. The Morgan fingerprint density at radius 3 is 2.40 bits per heavy atom. The number of carbonyl (C=O) groups is 2. The highest BCUT2D eigenvalue weighted by Crippen LogP contribution is 2.16. The number of hydrogen-bond donors (Lipinski definition) is 1. The average Bonchev–Trinajstić information content (AvgIpc) is 2.62. The molecule has 0 aliphatic heterocycles. The number of carbonyl (C=O) groups excluding carboxylic acids is 2. The molecule has 4 heteroatoms. The molecule has 0 aliphatic carbocycles. The largest absolute Gasteiger partial charge is 0.357 e. The third kappa shape index (κ3) is 4.92. The molecule has 0 saturated heterocycles. The van der Waals surface area contributed by atoms with Crippen LogP contribution in [-0.4, -0.2) is 29.8 Å². The third-order valence-corrected chi connectivity index (χ3v) is 4.46. The van der Waals surface area contributed by atoms with Crippen LogP contribution in [0.15, 0.2) is 48.5 Å². The maximum absolute atomic E-state index is 13.0. The Labute approximate surface area is 149 Å². The van der Waals surface area contributed by atoms with E-state index in [9.17, 15) is 9.59 Å². The number of amides is 2. The smallest absolute Gasteiger partial charge is 0.242 e. The minimum atomic E-state index is -0.525. The van der Waals surface area contributed by atoms with Gasteiger partial charge in [-0.15, -0.1) is 0 Å². The molecule has 0 spiro atoms. The van der Waals surface area contributed by atoms with E-state index in [0.717, 1.165) is 22.3 Å². The second kappa shape index (κ2) is 8.47. The summed E-state index contributed by atoms with van der Waals surface area (Å²) in [6, 6.07) is 15.3. The fourth-order valence-electron chi connectivity index (χ4n) is 2.83. The van der Waals surface area contributed by atoms with E-state index < -0.39 is 6.04 Å². The first kappa shape index (κ1) is 18.7. The van der Waals surface area contributed by atoms with Crippen molar-refractivity contribution in [3.05, 3.63) is 70.8 Å². The van der Waals surface area contributed by atoms with Crippen molar-refractivity contribution in [2.45, 2.75) is 39.8 Å². The molecule has 0 aromatic heterocycles. The van der Waals surface area contributed by atoms with Crippen molar-refractivity contribution in [1.29, 1.82) is 0 Å². The normalized spacial score (nSPS) is 11.7. The Balaban J connectivity index is 2.25. The zero-order valence-corrected chi connectivity index (χ0v) is 15.4. The van der Waals surface area contributed by atoms with Crippen molar-refractivity contribution in [2.24, 2.45) is 0 Å². The zero-order valence-electron chi connectivity index (χ0n) is 15.4. The van der Waals surface area contributed by atoms with Gasteiger partial charge in [-0.3, -0.25) is 9.59 Å². The van der Waals surface area contributed by atoms with Crippen LogP contribution in [-0.2, 0) is 22.6 Å². The van der Waals surface area contributed by atoms with Crippen molar-refractivity contribution < 1.29 is 9.59 Å². The summed E-state index contributed by atoms with van der Waals surface area (Å²) >= 11 is 0. The highest BCUT2D eigenvalue weighted by Gasteiger charge is 2.25. The molecule has 0 aliphatic rings. The van der Waals surface area contributed by atoms with Gasteiger partial charge in [-0.25, -0.2) is 0 Å². The Hall–Kier alpha value is -2.62. The van der Waals surface area contributed by atoms with Gasteiger partial charge in [0.25, 0.3) is 0 Å². The van der Waals surface area contributed by atoms with E-state index in [1.807, 2.05) is 62.4 Å². The minimum Gasteiger partial charge on any atom is -0.357 e. The molecule has 1 N–H and O–H groups in total. The lowest BCUT2D eigenvalue weighted by atomic mass is 10.0. The number of likely N-dealkylation sites (N-methyl/N-ethyl adjacent to an activating group) is 1. The van der Waals surface area contributed by atoms with Gasteiger partial charge in [0.15, 0.2) is 0 Å². The molecule has 132 valence electrons. The van der Waals surface area contributed by atoms with Crippen LogP contribution in [0.3, 0.4) is 0 Å². The van der Waals surface area contributed by atoms with E-state index in [2.05, 4.69) is 5.32 Å². The van der Waals surface area contributed by atoms with Crippen molar-refractivity contribution in [3.63, 3.8) is 0 Å². The highest BCUT2D eigenvalue weighted by molar-refractivity contribution is 5.88. The van der Waals surface area contributed by atoms with Crippen molar-refractivity contribution >= 4 is 11.8 Å². The number of aryl methyl sites for hydroxylation is 2. The molecule has 2 aromatic carbocycles. The summed E-state index contributed by atoms with van der Waals surface area (Å²) in [5, 5.41) is 2.64. The highest BCUT2D eigenvalue weighted by atomic mass is 16.2. The van der Waals surface area contributed by atoms with Gasteiger partial charge in [-0.1, -0.05) is 54.1 Å². The van der Waals surface area contributed by atoms with Gasteiger partial charge in [0.05, 0.1) is 6.42 Å². The lowest BCUT2D eigenvalue weighted by Crippen LogP contribution is -2.47. The van der Waals surface area contributed by atoms with Crippen LogP contribution >= 0.6 is 0 Å². The van der Waals surface area contributed by atoms with Crippen LogP contribution in [0.5, 0.6) is 0 Å². The summed E-state index contributed by atoms with van der Waals surface area (Å²) in [4.78, 5) is 26.8. The summed E-state index contributed by atoms with van der Waals surface area (Å²) in [6.45, 7) is 6.20. The molecule has 1 atom stereocenters. The number of benzene rings is 2. The molecule has 2 amide bonds. The van der Waals surface area contributed by atoms with Gasteiger partial charge in [0, 0.05) is 13.6 Å². The number of rotatable bonds is 6. The van der Waals surface area contributed by atoms with Crippen LogP contribution in [0, 0.1) is 13.8 Å². The average molecular weight is 338 g/mol. The topological polar surface area (TPSA) is 49.4 Å². The number of nitrogens with one attached hydrogen (secondary N) is 1. The van der Waals surface area contributed by atoms with Crippen LogP contribution in [0.2, 0.25) is 0 Å². The minimum absolute atomic E-state index is 0.0475. The Kier molecular flexibility index (Phi) is 6.34. The standard InChI is InChI=1S/C21H26N2O2/c1-15-10-11-16(2)19(12-15)13-20(24)23(17(3)21(25)22-4)14-18-8-6-5-7-9-18/h5-12,17H,13-14H2,1-4H3,(H,22,25). The quantitative estimate of drug-likeness (QED) is 0.880. The predicted octanol–water partition coefficient (Wildman–Crippen LogP) is 3.01. The molecule has 0 bridgehead atoms. The van der Waals surface area contributed by atoms with E-state index >= 15 is 0 Å². The summed E-state index contributed by atoms with van der Waals surface area (Å²) < 4.78 is 0. The lowest BCUT2D eigenvalue weighted by Gasteiger charge is -2.28. The van der Waals surface area contributed by atoms with Crippen molar-refractivity contribution in [3.8, 4) is 0 Å². The molecule has 0 heterocycles. The van der Waals surface area contributed by atoms with Gasteiger partial charge in [0.1, 0.15) is 6.04 Å². The van der Waals surface area contributed by atoms with Crippen molar-refractivity contribution in [1.82, 2.24) is 10.2 Å². The summed E-state index contributed by atoms with van der Waals surface area (Å²) in [5.41, 5.74) is 4.23. The number of nitrogens with zero attached hydrogens (tertiary/aromatic N) is 1. The molecule has 2 aromatic rings. The Bertz CT molecular complexity index is 741. The number of hydrogen-bond acceptors (Lipinski definition) is 2. The molecule has 0 radical (unpaired) electrons. The van der Waals surface area contributed by atoms with Gasteiger partial charge in [0.2, 0.25) is 11.8 Å². The molecule has 1 unspecified atom stereocenters. The predicted molar refractivity (Wildman–Crippen MR) is 100 cm³/mol. The molecular formula is C21H26N2O2. The lowest BCUT2D eigenvalue weighted by molar-refractivity contribution is -0.139. The summed E-state index contributed by atoms with van der Waals surface area (Å²) in [5.74, 6) is -0.209. The van der Waals surface area contributed by atoms with Gasteiger partial charge < -0.3 is 10.2 Å². The van der Waals surface area contributed by atoms with Crippen LogP contribution in [0.4, 0.5) is 0 Å². The van der Waals surface area contributed by atoms with E-state index in [4.69, 9.17) is 0 Å². The van der Waals surface area contributed by atoms with Gasteiger partial charge >= 0.3 is 0 Å². The first-order valence-corrected chi connectivity index (χ1v) is 8.53. The first-order chi connectivity index (χ1) is 11.9. The van der Waals surface area contributed by atoms with Crippen LogP contribution in [0.1, 0.15) is 29.2 Å². The first-order valence-electron chi connectivity index (χ1n) is 8.53. The Morgan fingerprint density at radius 2 is 1.76 bits per heavy atom.